The normalized spacial score (nSPS) is 22.5. The molecule has 24 nitrogen and oxygen atoms in total. The Morgan fingerprint density at radius 1 is 0.622 bits per heavy atom. The van der Waals surface area contributed by atoms with Crippen LogP contribution in [0.15, 0.2) is 30.3 Å². The third-order valence-corrected chi connectivity index (χ3v) is 12.1. The Balaban J connectivity index is 2.68. The predicted molar refractivity (Wildman–Crippen MR) is 280 cm³/mol. The summed E-state index contributed by atoms with van der Waals surface area (Å²) in [4.78, 5) is 126. The van der Waals surface area contributed by atoms with Crippen molar-refractivity contribution in [1.29, 1.82) is 0 Å². The molecule has 0 spiro atoms. The molecule has 0 bridgehead atoms. The van der Waals surface area contributed by atoms with E-state index in [1.807, 2.05) is 27.7 Å². The summed E-state index contributed by atoms with van der Waals surface area (Å²) in [6.45, 7) is 8.56. The molecule has 0 unspecified atom stereocenters. The van der Waals surface area contributed by atoms with Gasteiger partial charge in [-0.1, -0.05) is 97.1 Å². The summed E-state index contributed by atoms with van der Waals surface area (Å²) >= 11 is 0. The van der Waals surface area contributed by atoms with Crippen molar-refractivity contribution in [1.82, 2.24) is 53.0 Å². The summed E-state index contributed by atoms with van der Waals surface area (Å²) in [7, 11) is 0. The number of aliphatic hydroxyl groups excluding tert-OH is 1. The van der Waals surface area contributed by atoms with Crippen molar-refractivity contribution in [2.75, 3.05) is 39.3 Å². The molecule has 24 heteroatoms. The number of nitrogens with one attached hydrogen (secondary N) is 9. The number of hydrogen-bond acceptors (Lipinski definition) is 14. The number of unbranched alkanes of at least 4 members (excludes halogenated alkanes) is 4. The highest BCUT2D eigenvalue weighted by Gasteiger charge is 2.35. The number of carbonyl (C=O) groups excluding carboxylic acids is 9. The van der Waals surface area contributed by atoms with Gasteiger partial charge in [-0.25, -0.2) is 9.80 Å². The Kier molecular flexibility index (Phi) is 30.6. The quantitative estimate of drug-likeness (QED) is 0.0429. The maximum Gasteiger partial charge on any atom is 0.336 e. The van der Waals surface area contributed by atoms with Crippen LogP contribution in [0.25, 0.3) is 0 Å². The average Bonchev–Trinajstić information content (AvgIpc) is 3.34. The Bertz CT molecular complexity index is 1930. The lowest BCUT2D eigenvalue weighted by molar-refractivity contribution is -0.135. The van der Waals surface area contributed by atoms with Crippen LogP contribution in [-0.2, 0) is 44.8 Å². The summed E-state index contributed by atoms with van der Waals surface area (Å²) in [5, 5.41) is 32.8. The molecular weight excluding hydrogens is 957 g/mol. The van der Waals surface area contributed by atoms with Gasteiger partial charge >= 0.3 is 6.03 Å². The van der Waals surface area contributed by atoms with Gasteiger partial charge in [-0.3, -0.25) is 43.8 Å². The Hall–Kier alpha value is -5.95. The van der Waals surface area contributed by atoms with E-state index in [1.54, 1.807) is 30.3 Å². The number of benzene rings is 1. The van der Waals surface area contributed by atoms with E-state index in [0.29, 0.717) is 18.4 Å². The van der Waals surface area contributed by atoms with Crippen molar-refractivity contribution in [3.05, 3.63) is 35.9 Å². The van der Waals surface area contributed by atoms with E-state index in [0.717, 1.165) is 30.7 Å². The monoisotopic (exact) mass is 1040 g/mol. The number of aliphatic hydroxyl groups is 1. The summed E-state index contributed by atoms with van der Waals surface area (Å²) in [6, 6.07) is -1.41. The standard InChI is InChI=1S/C50H88N14O10/c1-6-7-8-9-13-16-34(65)30-42(66)63-64(26-24-54)50(74)62-38-20-25-55-43(67)39(27-31(2)3)59-45(69)36(18-22-52)56-44(68)35(17-21-51)58-48(72)40(28-32(4)5)60-49(73)41(29-33-14-11-10-12-15-33)61-46(70)37(19-23-53)57-47(38)71/h10-12,14-15,31-32,34-41,65H,6-9,13,16-30,51-54H2,1-5H3,(H,55,67)(H,56,68)(H,57,71)(H,58,72)(H,59,69)(H,60,73)(H,61,70)(H,62,74)(H,63,66)/t34-,35+,36+,37+,38+,39+,40+,41-/m1/s1. The smallest absolute Gasteiger partial charge is 0.336 e. The first kappa shape index (κ1) is 64.2. The predicted octanol–water partition coefficient (Wildman–Crippen LogP) is -1.72. The molecule has 1 fully saturated rings. The van der Waals surface area contributed by atoms with Crippen LogP contribution in [0, 0.1) is 11.8 Å². The molecule has 1 aliphatic rings. The van der Waals surface area contributed by atoms with E-state index < -0.39 is 102 Å². The minimum atomic E-state index is -1.51. The highest BCUT2D eigenvalue weighted by Crippen LogP contribution is 2.13. The number of nitrogens with zero attached hydrogens (tertiary/aromatic N) is 1. The zero-order valence-corrected chi connectivity index (χ0v) is 44.2. The molecule has 2 rings (SSSR count). The zero-order chi connectivity index (χ0) is 55.2. The molecule has 0 aliphatic carbocycles. The van der Waals surface area contributed by atoms with Crippen molar-refractivity contribution in [2.45, 2.75) is 173 Å². The lowest BCUT2D eigenvalue weighted by Gasteiger charge is -2.29. The van der Waals surface area contributed by atoms with Gasteiger partial charge < -0.3 is 70.6 Å². The first-order chi connectivity index (χ1) is 35.3. The lowest BCUT2D eigenvalue weighted by atomic mass is 10.00. The fourth-order valence-electron chi connectivity index (χ4n) is 8.20. The van der Waals surface area contributed by atoms with Gasteiger partial charge in [0.1, 0.15) is 42.3 Å². The number of carbonyl (C=O) groups is 9. The van der Waals surface area contributed by atoms with Gasteiger partial charge in [-0.15, -0.1) is 0 Å². The number of nitrogens with two attached hydrogens (primary N) is 4. The van der Waals surface area contributed by atoms with E-state index in [-0.39, 0.29) is 102 Å². The molecule has 1 heterocycles. The summed E-state index contributed by atoms with van der Waals surface area (Å²) < 4.78 is 0. The molecule has 8 atom stereocenters. The maximum absolute atomic E-state index is 14.4. The molecule has 1 aromatic rings. The minimum absolute atomic E-state index is 0.0485. The van der Waals surface area contributed by atoms with Gasteiger partial charge in [0.2, 0.25) is 47.3 Å². The third-order valence-electron chi connectivity index (χ3n) is 12.1. The molecule has 418 valence electrons. The summed E-state index contributed by atoms with van der Waals surface area (Å²) in [5.41, 5.74) is 26.6. The third kappa shape index (κ3) is 24.4. The number of amides is 10. The largest absolute Gasteiger partial charge is 0.393 e. The van der Waals surface area contributed by atoms with Crippen LogP contribution in [0.1, 0.15) is 124 Å². The molecule has 74 heavy (non-hydrogen) atoms. The van der Waals surface area contributed by atoms with Crippen LogP contribution in [0.2, 0.25) is 0 Å². The molecule has 18 N–H and O–H groups in total. The first-order valence-electron chi connectivity index (χ1n) is 26.3. The van der Waals surface area contributed by atoms with Crippen LogP contribution >= 0.6 is 0 Å². The SMILES string of the molecule is CCCCCCC[C@@H](O)CC(=O)NN(CCN)C(=O)N[C@H]1CCNC(=O)[C@H](CC(C)C)NC(=O)[C@H](CCN)NC(=O)[C@H](CCN)NC(=O)[C@H](CC(C)C)NC(=O)[C@@H](Cc2ccccc2)NC(=O)[C@H](CCN)NC1=O. The van der Waals surface area contributed by atoms with Gasteiger partial charge in [0.15, 0.2) is 0 Å². The summed E-state index contributed by atoms with van der Waals surface area (Å²) in [6.07, 6.45) is 3.44. The van der Waals surface area contributed by atoms with Gasteiger partial charge in [-0.2, -0.15) is 0 Å². The van der Waals surface area contributed by atoms with Crippen LogP contribution < -0.4 is 70.9 Å². The van der Waals surface area contributed by atoms with Crippen molar-refractivity contribution in [3.63, 3.8) is 0 Å². The number of hydrogen-bond donors (Lipinski definition) is 14. The second-order valence-electron chi connectivity index (χ2n) is 19.7. The van der Waals surface area contributed by atoms with E-state index in [9.17, 15) is 48.3 Å². The Morgan fingerprint density at radius 2 is 1.08 bits per heavy atom. The molecule has 1 saturated heterocycles. The fourth-order valence-corrected chi connectivity index (χ4v) is 8.20. The highest BCUT2D eigenvalue weighted by atomic mass is 16.3. The first-order valence-corrected chi connectivity index (χ1v) is 26.3. The highest BCUT2D eigenvalue weighted by molar-refractivity contribution is 5.98. The second kappa shape index (κ2) is 35.3. The van der Waals surface area contributed by atoms with E-state index >= 15 is 0 Å². The second-order valence-corrected chi connectivity index (χ2v) is 19.7. The molecule has 0 aromatic heterocycles. The molecule has 1 aromatic carbocycles. The van der Waals surface area contributed by atoms with Gasteiger partial charge in [0.25, 0.3) is 0 Å². The number of urea groups is 1. The van der Waals surface area contributed by atoms with Gasteiger partial charge in [0, 0.05) is 19.5 Å². The maximum atomic E-state index is 14.4. The van der Waals surface area contributed by atoms with Crippen LogP contribution in [0.3, 0.4) is 0 Å². The van der Waals surface area contributed by atoms with Crippen molar-refractivity contribution < 1.29 is 48.3 Å². The molecular formula is C50H88N14O10. The van der Waals surface area contributed by atoms with Crippen molar-refractivity contribution >= 4 is 53.3 Å². The van der Waals surface area contributed by atoms with Crippen LogP contribution in [-0.4, -0.2) is 151 Å². The van der Waals surface area contributed by atoms with Crippen LogP contribution in [0.5, 0.6) is 0 Å². The molecule has 0 radical (unpaired) electrons. The zero-order valence-electron chi connectivity index (χ0n) is 44.2. The molecule has 0 saturated carbocycles. The van der Waals surface area contributed by atoms with Crippen molar-refractivity contribution in [2.24, 2.45) is 34.8 Å². The molecule has 1 aliphatic heterocycles. The van der Waals surface area contributed by atoms with E-state index in [1.165, 1.54) is 0 Å². The Morgan fingerprint density at radius 3 is 1.58 bits per heavy atom. The topological polar surface area (TPSA) is 389 Å². The van der Waals surface area contributed by atoms with Crippen molar-refractivity contribution in [3.8, 4) is 0 Å². The summed E-state index contributed by atoms with van der Waals surface area (Å²) in [5.74, 6) is -6.41. The minimum Gasteiger partial charge on any atom is -0.393 e. The number of hydrazine groups is 1. The van der Waals surface area contributed by atoms with Gasteiger partial charge in [0.05, 0.1) is 19.1 Å². The molecule has 10 amide bonds. The Labute approximate surface area is 436 Å². The lowest BCUT2D eigenvalue weighted by Crippen LogP contribution is -2.61. The van der Waals surface area contributed by atoms with E-state index in [2.05, 4.69) is 54.9 Å². The number of rotatable bonds is 23. The fraction of sp³-hybridized carbons (Fsp3) is 0.700. The van der Waals surface area contributed by atoms with E-state index in [4.69, 9.17) is 22.9 Å². The average molecular weight is 1050 g/mol. The van der Waals surface area contributed by atoms with Crippen LogP contribution in [0.4, 0.5) is 4.79 Å². The van der Waals surface area contributed by atoms with Gasteiger partial charge in [-0.05, 0) is 82.0 Å².